The molecule has 1 aliphatic rings. The van der Waals surface area contributed by atoms with Crippen LogP contribution in [0.2, 0.25) is 0 Å². The Bertz CT molecular complexity index is 510. The van der Waals surface area contributed by atoms with E-state index in [4.69, 9.17) is 4.74 Å². The van der Waals surface area contributed by atoms with Crippen molar-refractivity contribution < 1.29 is 14.3 Å². The zero-order chi connectivity index (χ0) is 15.8. The molecule has 0 atom stereocenters. The Labute approximate surface area is 131 Å². The summed E-state index contributed by atoms with van der Waals surface area (Å²) in [6.45, 7) is 2.56. The molecule has 1 aromatic carbocycles. The Morgan fingerprint density at radius 2 is 1.91 bits per heavy atom. The van der Waals surface area contributed by atoms with Gasteiger partial charge in [0.15, 0.2) is 0 Å². The van der Waals surface area contributed by atoms with Crippen LogP contribution in [0.5, 0.6) is 5.75 Å². The molecule has 0 heterocycles. The zero-order valence-corrected chi connectivity index (χ0v) is 13.1. The van der Waals surface area contributed by atoms with Crippen molar-refractivity contribution in [1.29, 1.82) is 0 Å². The summed E-state index contributed by atoms with van der Waals surface area (Å²) in [4.78, 5) is 24.0. The first-order chi connectivity index (χ1) is 10.7. The minimum Gasteiger partial charge on any atom is -0.493 e. The van der Waals surface area contributed by atoms with E-state index in [1.165, 1.54) is 12.8 Å². The zero-order valence-electron chi connectivity index (χ0n) is 13.1. The third kappa shape index (κ3) is 4.76. The van der Waals surface area contributed by atoms with Crippen LogP contribution in [0.25, 0.3) is 0 Å². The molecule has 0 aliphatic heterocycles. The molecular weight excluding hydrogens is 280 g/mol. The first kappa shape index (κ1) is 16.3. The molecule has 2 rings (SSSR count). The van der Waals surface area contributed by atoms with Gasteiger partial charge in [-0.1, -0.05) is 31.9 Å². The lowest BCUT2D eigenvalue weighted by Gasteiger charge is -2.13. The maximum atomic E-state index is 12.2. The van der Waals surface area contributed by atoms with E-state index in [-0.39, 0.29) is 11.8 Å². The monoisotopic (exact) mass is 304 g/mol. The summed E-state index contributed by atoms with van der Waals surface area (Å²) in [5, 5.41) is 0. The normalized spacial score (nSPS) is 14.6. The maximum Gasteiger partial charge on any atom is 0.273 e. The van der Waals surface area contributed by atoms with E-state index in [0.717, 1.165) is 19.3 Å². The van der Waals surface area contributed by atoms with E-state index in [1.807, 2.05) is 13.0 Å². The maximum absolute atomic E-state index is 12.2. The van der Waals surface area contributed by atoms with E-state index < -0.39 is 0 Å². The van der Waals surface area contributed by atoms with E-state index in [1.54, 1.807) is 18.2 Å². The quantitative estimate of drug-likeness (QED) is 0.794. The molecule has 1 aliphatic carbocycles. The van der Waals surface area contributed by atoms with Gasteiger partial charge in [-0.25, -0.2) is 0 Å². The minimum absolute atomic E-state index is 0.132. The highest BCUT2D eigenvalue weighted by molar-refractivity contribution is 5.97. The fourth-order valence-electron chi connectivity index (χ4n) is 2.71. The predicted octanol–water partition coefficient (Wildman–Crippen LogP) is 2.82. The van der Waals surface area contributed by atoms with Crippen LogP contribution in [0.4, 0.5) is 0 Å². The highest BCUT2D eigenvalue weighted by Crippen LogP contribution is 2.27. The number of ether oxygens (including phenoxy) is 1. The summed E-state index contributed by atoms with van der Waals surface area (Å²) in [7, 11) is 0. The Balaban J connectivity index is 1.84. The van der Waals surface area contributed by atoms with Crippen LogP contribution in [0.1, 0.15) is 55.8 Å². The molecule has 0 spiro atoms. The number of hydrogen-bond acceptors (Lipinski definition) is 3. The highest BCUT2D eigenvalue weighted by atomic mass is 16.5. The van der Waals surface area contributed by atoms with E-state index in [9.17, 15) is 9.59 Å². The molecule has 22 heavy (non-hydrogen) atoms. The second-order valence-electron chi connectivity index (χ2n) is 5.70. The smallest absolute Gasteiger partial charge is 0.273 e. The van der Waals surface area contributed by atoms with Gasteiger partial charge >= 0.3 is 0 Å². The number of hydrazine groups is 1. The number of benzene rings is 1. The lowest BCUT2D eigenvalue weighted by molar-refractivity contribution is -0.122. The van der Waals surface area contributed by atoms with Crippen LogP contribution in [0, 0.1) is 5.92 Å². The lowest BCUT2D eigenvalue weighted by Crippen LogP contribution is -2.42. The van der Waals surface area contributed by atoms with Gasteiger partial charge < -0.3 is 4.74 Å². The number of hydrogen-bond donors (Lipinski definition) is 2. The summed E-state index contributed by atoms with van der Waals surface area (Å²) < 4.78 is 5.55. The van der Waals surface area contributed by atoms with Gasteiger partial charge in [0.05, 0.1) is 12.2 Å². The molecule has 1 saturated carbocycles. The average molecular weight is 304 g/mol. The largest absolute Gasteiger partial charge is 0.493 e. The average Bonchev–Trinajstić information content (AvgIpc) is 3.03. The van der Waals surface area contributed by atoms with Crippen LogP contribution in [0.15, 0.2) is 24.3 Å². The number of carbonyl (C=O) groups excluding carboxylic acids is 2. The number of carbonyl (C=O) groups is 2. The van der Waals surface area contributed by atoms with Gasteiger partial charge in [-0.2, -0.15) is 0 Å². The number of nitrogens with one attached hydrogen (secondary N) is 2. The van der Waals surface area contributed by atoms with Crippen LogP contribution in [-0.4, -0.2) is 18.4 Å². The molecule has 2 N–H and O–H groups in total. The van der Waals surface area contributed by atoms with Crippen molar-refractivity contribution in [2.24, 2.45) is 5.92 Å². The van der Waals surface area contributed by atoms with Gasteiger partial charge in [0.1, 0.15) is 5.75 Å². The van der Waals surface area contributed by atoms with E-state index in [0.29, 0.717) is 30.3 Å². The minimum atomic E-state index is -0.355. The Kier molecular flexibility index (Phi) is 6.25. The fourth-order valence-corrected chi connectivity index (χ4v) is 2.71. The second kappa shape index (κ2) is 8.41. The molecule has 5 heteroatoms. The molecule has 5 nitrogen and oxygen atoms in total. The van der Waals surface area contributed by atoms with Crippen molar-refractivity contribution in [2.45, 2.75) is 45.4 Å². The molecule has 2 amide bonds. The Morgan fingerprint density at radius 3 is 2.64 bits per heavy atom. The van der Waals surface area contributed by atoms with Gasteiger partial charge in [0, 0.05) is 6.42 Å². The number of para-hydroxylation sites is 1. The van der Waals surface area contributed by atoms with E-state index >= 15 is 0 Å². The van der Waals surface area contributed by atoms with Gasteiger partial charge in [0.2, 0.25) is 5.91 Å². The van der Waals surface area contributed by atoms with Crippen LogP contribution in [0.3, 0.4) is 0 Å². The third-order valence-electron chi connectivity index (χ3n) is 3.86. The summed E-state index contributed by atoms with van der Waals surface area (Å²) in [5.41, 5.74) is 5.40. The van der Waals surface area contributed by atoms with Crippen LogP contribution >= 0.6 is 0 Å². The standard InChI is InChI=1S/C17H24N2O3/c1-2-11-22-15-10-6-5-9-14(15)17(21)19-18-16(20)12-13-7-3-4-8-13/h5-6,9-10,13H,2-4,7-8,11-12H2,1H3,(H,18,20)(H,19,21). The molecule has 1 fully saturated rings. The third-order valence-corrected chi connectivity index (χ3v) is 3.86. The topological polar surface area (TPSA) is 67.4 Å². The van der Waals surface area contributed by atoms with Crippen LogP contribution in [-0.2, 0) is 4.79 Å². The van der Waals surface area contributed by atoms with Gasteiger partial charge in [-0.05, 0) is 37.3 Å². The van der Waals surface area contributed by atoms with Gasteiger partial charge in [-0.3, -0.25) is 20.4 Å². The SMILES string of the molecule is CCCOc1ccccc1C(=O)NNC(=O)CC1CCCC1. The molecule has 0 unspecified atom stereocenters. The molecule has 0 bridgehead atoms. The lowest BCUT2D eigenvalue weighted by atomic mass is 10.0. The highest BCUT2D eigenvalue weighted by Gasteiger charge is 2.19. The van der Waals surface area contributed by atoms with Gasteiger partial charge in [-0.15, -0.1) is 0 Å². The summed E-state index contributed by atoms with van der Waals surface area (Å²) in [6, 6.07) is 7.03. The van der Waals surface area contributed by atoms with Crippen molar-refractivity contribution >= 4 is 11.8 Å². The molecular formula is C17H24N2O3. The molecule has 0 saturated heterocycles. The second-order valence-corrected chi connectivity index (χ2v) is 5.70. The van der Waals surface area contributed by atoms with Crippen molar-refractivity contribution in [3.05, 3.63) is 29.8 Å². The predicted molar refractivity (Wildman–Crippen MR) is 84.4 cm³/mol. The Hall–Kier alpha value is -2.04. The van der Waals surface area contributed by atoms with Crippen molar-refractivity contribution in [3.8, 4) is 5.75 Å². The number of amides is 2. The first-order valence-electron chi connectivity index (χ1n) is 8.01. The summed E-state index contributed by atoms with van der Waals surface area (Å²) in [5.74, 6) is 0.502. The molecule has 120 valence electrons. The number of rotatable bonds is 6. The molecule has 0 radical (unpaired) electrons. The van der Waals surface area contributed by atoms with Crippen molar-refractivity contribution in [1.82, 2.24) is 10.9 Å². The van der Waals surface area contributed by atoms with Crippen LogP contribution < -0.4 is 15.6 Å². The first-order valence-corrected chi connectivity index (χ1v) is 8.01. The fraction of sp³-hybridized carbons (Fsp3) is 0.529. The molecule has 1 aromatic rings. The van der Waals surface area contributed by atoms with E-state index in [2.05, 4.69) is 10.9 Å². The summed E-state index contributed by atoms with van der Waals surface area (Å²) >= 11 is 0. The van der Waals surface area contributed by atoms with Crippen molar-refractivity contribution in [2.75, 3.05) is 6.61 Å². The summed E-state index contributed by atoms with van der Waals surface area (Å²) in [6.07, 6.45) is 5.96. The molecule has 0 aromatic heterocycles. The van der Waals surface area contributed by atoms with Gasteiger partial charge in [0.25, 0.3) is 5.91 Å². The Morgan fingerprint density at radius 1 is 1.18 bits per heavy atom. The van der Waals surface area contributed by atoms with Crippen molar-refractivity contribution in [3.63, 3.8) is 0 Å².